The zero-order valence-corrected chi connectivity index (χ0v) is 10.9. The first-order valence-electron chi connectivity index (χ1n) is 6.04. The number of ether oxygens (including phenoxy) is 1. The number of nitrogen functional groups attached to an aromatic ring is 1. The molecule has 0 heterocycles. The minimum Gasteiger partial charge on any atom is -0.497 e. The highest BCUT2D eigenvalue weighted by Gasteiger charge is 2.07. The Kier molecular flexibility index (Phi) is 5.66. The molecule has 0 aliphatic heterocycles. The Labute approximate surface area is 112 Å². The summed E-state index contributed by atoms with van der Waals surface area (Å²) >= 11 is 0. The van der Waals surface area contributed by atoms with Crippen LogP contribution in [0.1, 0.15) is 29.6 Å². The molecule has 6 nitrogen and oxygen atoms in total. The second-order valence-electron chi connectivity index (χ2n) is 4.17. The number of hydrogen-bond donors (Lipinski definition) is 3. The second-order valence-corrected chi connectivity index (χ2v) is 4.17. The summed E-state index contributed by atoms with van der Waals surface area (Å²) in [5, 5.41) is 2.75. The Morgan fingerprint density at radius 3 is 2.63 bits per heavy atom. The number of rotatable bonds is 7. The lowest BCUT2D eigenvalue weighted by Gasteiger charge is -2.07. The van der Waals surface area contributed by atoms with E-state index in [0.717, 1.165) is 0 Å². The predicted molar refractivity (Wildman–Crippen MR) is 72.8 cm³/mol. The van der Waals surface area contributed by atoms with E-state index in [0.29, 0.717) is 42.8 Å². The van der Waals surface area contributed by atoms with Crippen LogP contribution in [0.15, 0.2) is 18.2 Å². The third-order valence-corrected chi connectivity index (χ3v) is 2.56. The molecule has 0 radical (unpaired) electrons. The van der Waals surface area contributed by atoms with Gasteiger partial charge in [-0.15, -0.1) is 0 Å². The number of anilines is 1. The van der Waals surface area contributed by atoms with Gasteiger partial charge in [-0.25, -0.2) is 0 Å². The number of benzene rings is 1. The van der Waals surface area contributed by atoms with E-state index in [1.807, 2.05) is 0 Å². The topological polar surface area (TPSA) is 107 Å². The van der Waals surface area contributed by atoms with Crippen molar-refractivity contribution < 1.29 is 14.3 Å². The molecule has 1 rings (SSSR count). The zero-order valence-electron chi connectivity index (χ0n) is 10.9. The Hall–Kier alpha value is -2.24. The smallest absolute Gasteiger partial charge is 0.251 e. The van der Waals surface area contributed by atoms with Crippen molar-refractivity contribution in [2.75, 3.05) is 19.4 Å². The first-order valence-corrected chi connectivity index (χ1v) is 6.04. The van der Waals surface area contributed by atoms with Gasteiger partial charge in [0.25, 0.3) is 5.91 Å². The summed E-state index contributed by atoms with van der Waals surface area (Å²) in [5.41, 5.74) is 11.6. The van der Waals surface area contributed by atoms with Crippen LogP contribution < -0.4 is 21.5 Å². The van der Waals surface area contributed by atoms with Gasteiger partial charge in [-0.2, -0.15) is 0 Å². The standard InChI is InChI=1S/C13H19N3O3/c1-19-11-7-9(6-10(14)8-11)13(18)16-5-3-2-4-12(15)17/h6-8H,2-5,14H2,1H3,(H2,15,17)(H,16,18). The molecule has 1 aromatic carbocycles. The van der Waals surface area contributed by atoms with Gasteiger partial charge in [0.15, 0.2) is 0 Å². The summed E-state index contributed by atoms with van der Waals surface area (Å²) in [7, 11) is 1.51. The predicted octanol–water partition coefficient (Wildman–Crippen LogP) is 0.663. The van der Waals surface area contributed by atoms with Crippen LogP contribution in [0, 0.1) is 0 Å². The maximum Gasteiger partial charge on any atom is 0.251 e. The fourth-order valence-electron chi connectivity index (χ4n) is 1.60. The molecule has 0 saturated carbocycles. The Bertz CT molecular complexity index is 460. The average molecular weight is 265 g/mol. The maximum atomic E-state index is 11.8. The van der Waals surface area contributed by atoms with Crippen LogP contribution in [0.4, 0.5) is 5.69 Å². The van der Waals surface area contributed by atoms with Gasteiger partial charge in [0, 0.05) is 30.3 Å². The highest BCUT2D eigenvalue weighted by atomic mass is 16.5. The molecule has 19 heavy (non-hydrogen) atoms. The number of nitrogens with two attached hydrogens (primary N) is 2. The Balaban J connectivity index is 2.45. The molecule has 0 fully saturated rings. The molecule has 0 aromatic heterocycles. The molecule has 0 unspecified atom stereocenters. The van der Waals surface area contributed by atoms with Crippen LogP contribution in [-0.2, 0) is 4.79 Å². The lowest BCUT2D eigenvalue weighted by atomic mass is 10.1. The summed E-state index contributed by atoms with van der Waals surface area (Å²) in [6.07, 6.45) is 1.70. The highest BCUT2D eigenvalue weighted by Crippen LogP contribution is 2.18. The first kappa shape index (κ1) is 14.8. The van der Waals surface area contributed by atoms with E-state index in [1.165, 1.54) is 7.11 Å². The van der Waals surface area contributed by atoms with Crippen LogP contribution in [0.3, 0.4) is 0 Å². The van der Waals surface area contributed by atoms with Gasteiger partial charge in [-0.05, 0) is 25.0 Å². The van der Waals surface area contributed by atoms with Crippen LogP contribution in [0.5, 0.6) is 5.75 Å². The number of carbonyl (C=O) groups excluding carboxylic acids is 2. The number of hydrogen-bond acceptors (Lipinski definition) is 4. The minimum atomic E-state index is -0.327. The molecule has 1 aromatic rings. The fraction of sp³-hybridized carbons (Fsp3) is 0.385. The molecule has 104 valence electrons. The van der Waals surface area contributed by atoms with E-state index in [4.69, 9.17) is 16.2 Å². The van der Waals surface area contributed by atoms with Crippen LogP contribution >= 0.6 is 0 Å². The van der Waals surface area contributed by atoms with E-state index in [1.54, 1.807) is 18.2 Å². The van der Waals surface area contributed by atoms with Crippen molar-refractivity contribution in [1.29, 1.82) is 0 Å². The minimum absolute atomic E-state index is 0.218. The summed E-state index contributed by atoms with van der Waals surface area (Å²) in [6.45, 7) is 0.489. The monoisotopic (exact) mass is 265 g/mol. The molecular weight excluding hydrogens is 246 g/mol. The Morgan fingerprint density at radius 1 is 1.26 bits per heavy atom. The van der Waals surface area contributed by atoms with E-state index in [9.17, 15) is 9.59 Å². The van der Waals surface area contributed by atoms with Crippen molar-refractivity contribution in [2.45, 2.75) is 19.3 Å². The average Bonchev–Trinajstić information content (AvgIpc) is 2.36. The van der Waals surface area contributed by atoms with Crippen molar-refractivity contribution in [3.05, 3.63) is 23.8 Å². The van der Waals surface area contributed by atoms with Gasteiger partial charge >= 0.3 is 0 Å². The van der Waals surface area contributed by atoms with Gasteiger partial charge in [-0.1, -0.05) is 0 Å². The summed E-state index contributed by atoms with van der Waals surface area (Å²) in [6, 6.07) is 4.85. The van der Waals surface area contributed by atoms with Gasteiger partial charge in [0.05, 0.1) is 7.11 Å². The number of primary amides is 1. The normalized spacial score (nSPS) is 9.95. The summed E-state index contributed by atoms with van der Waals surface area (Å²) in [4.78, 5) is 22.4. The molecule has 0 saturated heterocycles. The van der Waals surface area contributed by atoms with Gasteiger partial charge < -0.3 is 21.5 Å². The molecule has 6 heteroatoms. The summed E-state index contributed by atoms with van der Waals surface area (Å²) < 4.78 is 5.04. The lowest BCUT2D eigenvalue weighted by molar-refractivity contribution is -0.118. The van der Waals surface area contributed by atoms with E-state index in [2.05, 4.69) is 5.32 Å². The molecule has 5 N–H and O–H groups in total. The van der Waals surface area contributed by atoms with Crippen LogP contribution in [0.2, 0.25) is 0 Å². The maximum absolute atomic E-state index is 11.8. The quantitative estimate of drug-likeness (QED) is 0.497. The third kappa shape index (κ3) is 5.29. The van der Waals surface area contributed by atoms with Crippen molar-refractivity contribution in [1.82, 2.24) is 5.32 Å². The fourth-order valence-corrected chi connectivity index (χ4v) is 1.60. The number of unbranched alkanes of at least 4 members (excludes halogenated alkanes) is 1. The SMILES string of the molecule is COc1cc(N)cc(C(=O)NCCCCC(N)=O)c1. The largest absolute Gasteiger partial charge is 0.497 e. The van der Waals surface area contributed by atoms with Crippen molar-refractivity contribution >= 4 is 17.5 Å². The number of nitrogens with one attached hydrogen (secondary N) is 1. The number of carbonyl (C=O) groups is 2. The van der Waals surface area contributed by atoms with Crippen molar-refractivity contribution in [3.8, 4) is 5.75 Å². The van der Waals surface area contributed by atoms with E-state index >= 15 is 0 Å². The van der Waals surface area contributed by atoms with Gasteiger partial charge in [0.2, 0.25) is 5.91 Å². The second kappa shape index (κ2) is 7.25. The molecule has 0 spiro atoms. The van der Waals surface area contributed by atoms with E-state index in [-0.39, 0.29) is 11.8 Å². The number of amides is 2. The van der Waals surface area contributed by atoms with Gasteiger partial charge in [0.1, 0.15) is 5.75 Å². The molecule has 2 amide bonds. The molecule has 0 bridgehead atoms. The molecular formula is C13H19N3O3. The first-order chi connectivity index (χ1) is 9.02. The molecule has 0 atom stereocenters. The summed E-state index contributed by atoms with van der Waals surface area (Å²) in [5.74, 6) is -0.00421. The van der Waals surface area contributed by atoms with Gasteiger partial charge in [-0.3, -0.25) is 9.59 Å². The molecule has 0 aliphatic rings. The Morgan fingerprint density at radius 2 is 2.00 bits per heavy atom. The molecule has 0 aliphatic carbocycles. The van der Waals surface area contributed by atoms with E-state index < -0.39 is 0 Å². The number of methoxy groups -OCH3 is 1. The van der Waals surface area contributed by atoms with Crippen LogP contribution in [0.25, 0.3) is 0 Å². The van der Waals surface area contributed by atoms with Crippen molar-refractivity contribution in [3.63, 3.8) is 0 Å². The van der Waals surface area contributed by atoms with Crippen molar-refractivity contribution in [2.24, 2.45) is 5.73 Å². The van der Waals surface area contributed by atoms with Crippen LogP contribution in [-0.4, -0.2) is 25.5 Å². The lowest BCUT2D eigenvalue weighted by Crippen LogP contribution is -2.24. The third-order valence-electron chi connectivity index (χ3n) is 2.56. The highest BCUT2D eigenvalue weighted by molar-refractivity contribution is 5.95. The zero-order chi connectivity index (χ0) is 14.3.